The van der Waals surface area contributed by atoms with Crippen molar-refractivity contribution in [3.63, 3.8) is 0 Å². The van der Waals surface area contributed by atoms with Crippen LogP contribution in [-0.2, 0) is 14.3 Å². The van der Waals surface area contributed by atoms with E-state index in [2.05, 4.69) is 23.3 Å². The van der Waals surface area contributed by atoms with Crippen molar-refractivity contribution in [1.82, 2.24) is 10.6 Å². The molecule has 1 unspecified atom stereocenters. The molecule has 2 amide bonds. The van der Waals surface area contributed by atoms with Crippen molar-refractivity contribution < 1.29 is 19.4 Å². The van der Waals surface area contributed by atoms with Gasteiger partial charge in [0.1, 0.15) is 6.04 Å². The summed E-state index contributed by atoms with van der Waals surface area (Å²) in [6.45, 7) is 2.60. The maximum atomic E-state index is 11.5. The Morgan fingerprint density at radius 3 is 2.65 bits per heavy atom. The molecule has 0 heterocycles. The van der Waals surface area contributed by atoms with Gasteiger partial charge in [-0.05, 0) is 6.42 Å². The largest absolute Gasteiger partial charge is 0.394 e. The van der Waals surface area contributed by atoms with Crippen molar-refractivity contribution in [3.8, 4) is 0 Å². The van der Waals surface area contributed by atoms with E-state index in [0.717, 1.165) is 0 Å². The number of carbonyl (C=O) groups excluding carboxylic acids is 2. The molecule has 0 aliphatic carbocycles. The molecule has 3 N–H and O–H groups in total. The molecule has 0 aromatic heterocycles. The fourth-order valence-corrected chi connectivity index (χ4v) is 1.37. The first-order valence-corrected chi connectivity index (χ1v) is 6.09. The normalized spacial score (nSPS) is 11.9. The Hall–Kier alpha value is -0.790. The van der Waals surface area contributed by atoms with Crippen LogP contribution in [0.4, 0.5) is 0 Å². The van der Waals surface area contributed by atoms with Gasteiger partial charge >= 0.3 is 0 Å². The van der Waals surface area contributed by atoms with E-state index in [1.165, 1.54) is 6.92 Å². The summed E-state index contributed by atoms with van der Waals surface area (Å²) in [7, 11) is 0. The number of nitrogens with one attached hydrogen (secondary N) is 2. The van der Waals surface area contributed by atoms with E-state index in [1.54, 1.807) is 0 Å². The van der Waals surface area contributed by atoms with Gasteiger partial charge in [-0.2, -0.15) is 12.6 Å². The van der Waals surface area contributed by atoms with Crippen LogP contribution in [0.15, 0.2) is 0 Å². The van der Waals surface area contributed by atoms with Gasteiger partial charge in [0, 0.05) is 25.8 Å². The monoisotopic (exact) mass is 264 g/mol. The molecule has 0 bridgehead atoms. The Balaban J connectivity index is 3.64. The molecule has 17 heavy (non-hydrogen) atoms. The summed E-state index contributed by atoms with van der Waals surface area (Å²) in [5, 5.41) is 13.6. The molecule has 0 fully saturated rings. The molecule has 0 rings (SSSR count). The molecule has 0 saturated carbocycles. The molecule has 0 aromatic rings. The second kappa shape index (κ2) is 10.4. The van der Waals surface area contributed by atoms with Gasteiger partial charge in [0.2, 0.25) is 11.8 Å². The Morgan fingerprint density at radius 2 is 2.12 bits per heavy atom. The van der Waals surface area contributed by atoms with Crippen molar-refractivity contribution in [2.24, 2.45) is 0 Å². The average Bonchev–Trinajstić information content (AvgIpc) is 2.30. The number of hydrogen-bond acceptors (Lipinski definition) is 5. The highest BCUT2D eigenvalue weighted by atomic mass is 32.1. The SMILES string of the molecule is CC(=O)NC(CS)C(=O)NCCCOCCO. The molecule has 0 aliphatic rings. The smallest absolute Gasteiger partial charge is 0.243 e. The number of carbonyl (C=O) groups is 2. The second-order valence-electron chi connectivity index (χ2n) is 3.42. The van der Waals surface area contributed by atoms with Gasteiger partial charge in [0.25, 0.3) is 0 Å². The highest BCUT2D eigenvalue weighted by molar-refractivity contribution is 7.80. The van der Waals surface area contributed by atoms with Crippen molar-refractivity contribution in [1.29, 1.82) is 0 Å². The number of aliphatic hydroxyl groups is 1. The van der Waals surface area contributed by atoms with Crippen LogP contribution in [0.5, 0.6) is 0 Å². The second-order valence-corrected chi connectivity index (χ2v) is 3.78. The zero-order chi connectivity index (χ0) is 13.1. The molecule has 0 saturated heterocycles. The molecule has 7 heteroatoms. The van der Waals surface area contributed by atoms with E-state index in [4.69, 9.17) is 9.84 Å². The fourth-order valence-electron chi connectivity index (χ4n) is 1.12. The maximum absolute atomic E-state index is 11.5. The molecule has 0 radical (unpaired) electrons. The Morgan fingerprint density at radius 1 is 1.41 bits per heavy atom. The lowest BCUT2D eigenvalue weighted by atomic mass is 10.3. The lowest BCUT2D eigenvalue weighted by Gasteiger charge is -2.15. The van der Waals surface area contributed by atoms with Crippen LogP contribution in [0.25, 0.3) is 0 Å². The van der Waals surface area contributed by atoms with E-state index in [-0.39, 0.29) is 24.2 Å². The Kier molecular flexibility index (Phi) is 9.89. The zero-order valence-electron chi connectivity index (χ0n) is 9.94. The Labute approximate surface area is 107 Å². The predicted octanol–water partition coefficient (Wildman–Crippen LogP) is -1.06. The van der Waals surface area contributed by atoms with Crippen LogP contribution in [0.3, 0.4) is 0 Å². The molecule has 0 aliphatic heterocycles. The zero-order valence-corrected chi connectivity index (χ0v) is 10.8. The molecule has 100 valence electrons. The minimum absolute atomic E-state index is 0.00336. The minimum atomic E-state index is -0.603. The van der Waals surface area contributed by atoms with Crippen LogP contribution >= 0.6 is 12.6 Å². The molecular formula is C10H20N2O4S. The summed E-state index contributed by atoms with van der Waals surface area (Å²) in [6.07, 6.45) is 0.658. The number of thiol groups is 1. The van der Waals surface area contributed by atoms with Gasteiger partial charge in [0.15, 0.2) is 0 Å². The third-order valence-electron chi connectivity index (χ3n) is 1.88. The number of amides is 2. The number of rotatable bonds is 9. The summed E-state index contributed by atoms with van der Waals surface area (Å²) in [5.41, 5.74) is 0. The van der Waals surface area contributed by atoms with Crippen LogP contribution in [0.1, 0.15) is 13.3 Å². The van der Waals surface area contributed by atoms with Crippen LogP contribution in [0.2, 0.25) is 0 Å². The Bertz CT molecular complexity index is 238. The topological polar surface area (TPSA) is 87.7 Å². The van der Waals surface area contributed by atoms with Gasteiger partial charge in [-0.3, -0.25) is 9.59 Å². The number of ether oxygens (including phenoxy) is 1. The number of hydrogen-bond donors (Lipinski definition) is 4. The van der Waals surface area contributed by atoms with Gasteiger partial charge in [0.05, 0.1) is 13.2 Å². The molecule has 0 spiro atoms. The molecule has 1 atom stereocenters. The van der Waals surface area contributed by atoms with Crippen LogP contribution in [-0.4, -0.2) is 55.1 Å². The van der Waals surface area contributed by atoms with Crippen LogP contribution in [0, 0.1) is 0 Å². The molecule has 6 nitrogen and oxygen atoms in total. The molecule has 0 aromatic carbocycles. The number of aliphatic hydroxyl groups excluding tert-OH is 1. The van der Waals surface area contributed by atoms with Crippen molar-refractivity contribution in [2.75, 3.05) is 32.1 Å². The van der Waals surface area contributed by atoms with Gasteiger partial charge in [-0.1, -0.05) is 0 Å². The van der Waals surface area contributed by atoms with E-state index >= 15 is 0 Å². The van der Waals surface area contributed by atoms with E-state index in [1.807, 2.05) is 0 Å². The minimum Gasteiger partial charge on any atom is -0.394 e. The third kappa shape index (κ3) is 8.96. The third-order valence-corrected chi connectivity index (χ3v) is 2.24. The summed E-state index contributed by atoms with van der Waals surface area (Å²) >= 11 is 3.99. The van der Waals surface area contributed by atoms with E-state index < -0.39 is 6.04 Å². The predicted molar refractivity (Wildman–Crippen MR) is 67.0 cm³/mol. The van der Waals surface area contributed by atoms with Gasteiger partial charge < -0.3 is 20.5 Å². The first kappa shape index (κ1) is 16.2. The summed E-state index contributed by atoms with van der Waals surface area (Å²) in [4.78, 5) is 22.3. The first-order chi connectivity index (χ1) is 8.11. The summed E-state index contributed by atoms with van der Waals surface area (Å²) in [5.74, 6) is -0.255. The molecular weight excluding hydrogens is 244 g/mol. The fraction of sp³-hybridized carbons (Fsp3) is 0.800. The first-order valence-electron chi connectivity index (χ1n) is 5.46. The van der Waals surface area contributed by atoms with E-state index in [9.17, 15) is 9.59 Å². The quantitative estimate of drug-likeness (QED) is 0.316. The standard InChI is InChI=1S/C10H20N2O4S/c1-8(14)12-9(7-17)10(15)11-3-2-5-16-6-4-13/h9,13,17H,2-7H2,1H3,(H,11,15)(H,12,14). The van der Waals surface area contributed by atoms with E-state index in [0.29, 0.717) is 26.2 Å². The summed E-state index contributed by atoms with van der Waals surface area (Å²) < 4.78 is 5.03. The highest BCUT2D eigenvalue weighted by Crippen LogP contribution is 1.89. The van der Waals surface area contributed by atoms with Crippen molar-refractivity contribution in [3.05, 3.63) is 0 Å². The lowest BCUT2D eigenvalue weighted by molar-refractivity contribution is -0.127. The maximum Gasteiger partial charge on any atom is 0.243 e. The van der Waals surface area contributed by atoms with Crippen LogP contribution < -0.4 is 10.6 Å². The van der Waals surface area contributed by atoms with Gasteiger partial charge in [-0.15, -0.1) is 0 Å². The average molecular weight is 264 g/mol. The van der Waals surface area contributed by atoms with Gasteiger partial charge in [-0.25, -0.2) is 0 Å². The summed E-state index contributed by atoms with van der Waals surface area (Å²) in [6, 6.07) is -0.603. The highest BCUT2D eigenvalue weighted by Gasteiger charge is 2.16. The lowest BCUT2D eigenvalue weighted by Crippen LogP contribution is -2.47. The van der Waals surface area contributed by atoms with Crippen molar-refractivity contribution in [2.45, 2.75) is 19.4 Å². The van der Waals surface area contributed by atoms with Crippen molar-refractivity contribution >= 4 is 24.4 Å².